The largest absolute Gasteiger partial charge is 0.493 e. The van der Waals surface area contributed by atoms with E-state index in [2.05, 4.69) is 42.2 Å². The number of aromatic nitrogens is 1. The normalized spacial score (nSPS) is 15.3. The highest BCUT2D eigenvalue weighted by molar-refractivity contribution is 7.15. The number of thiazole rings is 1. The van der Waals surface area contributed by atoms with Gasteiger partial charge in [0.25, 0.3) is 0 Å². The van der Waals surface area contributed by atoms with Gasteiger partial charge in [-0.25, -0.2) is 4.98 Å². The van der Waals surface area contributed by atoms with Crippen molar-refractivity contribution in [2.24, 2.45) is 0 Å². The van der Waals surface area contributed by atoms with E-state index in [1.165, 1.54) is 21.6 Å². The van der Waals surface area contributed by atoms with Crippen molar-refractivity contribution in [3.05, 3.63) is 58.1 Å². The highest BCUT2D eigenvalue weighted by atomic mass is 32.1. The molecule has 2 aliphatic rings. The number of rotatable bonds is 9. The Kier molecular flexibility index (Phi) is 7.63. The van der Waals surface area contributed by atoms with E-state index >= 15 is 0 Å². The van der Waals surface area contributed by atoms with Crippen molar-refractivity contribution < 1.29 is 14.3 Å². The number of carbonyl (C=O) groups is 1. The second kappa shape index (κ2) is 10.8. The first-order chi connectivity index (χ1) is 15.7. The topological polar surface area (TPSA) is 51.7 Å². The second-order valence-corrected chi connectivity index (χ2v) is 9.34. The fraction of sp³-hybridized carbons (Fsp3) is 0.462. The third kappa shape index (κ3) is 5.41. The van der Waals surface area contributed by atoms with Crippen molar-refractivity contribution in [1.29, 1.82) is 0 Å². The van der Waals surface area contributed by atoms with Gasteiger partial charge in [-0.15, -0.1) is 11.3 Å². The van der Waals surface area contributed by atoms with Crippen LogP contribution in [0.3, 0.4) is 0 Å². The SMILES string of the molecule is CCOC(=O)CCC1=CCCc2c(OCCc3nc(N4CC=CCC4)sc3C)cccc21. The lowest BCUT2D eigenvalue weighted by atomic mass is 9.88. The first-order valence-corrected chi connectivity index (χ1v) is 12.4. The molecular weight excluding hydrogens is 420 g/mol. The zero-order chi connectivity index (χ0) is 22.3. The van der Waals surface area contributed by atoms with Crippen LogP contribution in [0.5, 0.6) is 5.75 Å². The van der Waals surface area contributed by atoms with Crippen LogP contribution < -0.4 is 9.64 Å². The van der Waals surface area contributed by atoms with Crippen LogP contribution in [-0.2, 0) is 22.4 Å². The van der Waals surface area contributed by atoms with E-state index in [9.17, 15) is 4.79 Å². The Bertz CT molecular complexity index is 1010. The number of carbonyl (C=O) groups excluding carboxylic acids is 1. The second-order valence-electron chi connectivity index (χ2n) is 8.16. The minimum atomic E-state index is -0.133. The van der Waals surface area contributed by atoms with E-state index in [4.69, 9.17) is 14.5 Å². The van der Waals surface area contributed by atoms with Gasteiger partial charge in [0.1, 0.15) is 5.75 Å². The van der Waals surface area contributed by atoms with Crippen LogP contribution in [0, 0.1) is 6.92 Å². The zero-order valence-electron chi connectivity index (χ0n) is 19.1. The van der Waals surface area contributed by atoms with E-state index in [0.29, 0.717) is 26.1 Å². The predicted octanol–water partition coefficient (Wildman–Crippen LogP) is 5.51. The first-order valence-electron chi connectivity index (χ1n) is 11.6. The van der Waals surface area contributed by atoms with Gasteiger partial charge in [-0.1, -0.05) is 30.4 Å². The summed E-state index contributed by atoms with van der Waals surface area (Å²) in [5.41, 5.74) is 4.83. The van der Waals surface area contributed by atoms with Crippen LogP contribution in [0.2, 0.25) is 0 Å². The van der Waals surface area contributed by atoms with Crippen LogP contribution >= 0.6 is 11.3 Å². The lowest BCUT2D eigenvalue weighted by molar-refractivity contribution is -0.142. The number of fused-ring (bicyclic) bond motifs is 1. The highest BCUT2D eigenvalue weighted by Gasteiger charge is 2.19. The molecular formula is C26H32N2O3S. The smallest absolute Gasteiger partial charge is 0.306 e. The fourth-order valence-corrected chi connectivity index (χ4v) is 5.31. The van der Waals surface area contributed by atoms with E-state index < -0.39 is 0 Å². The molecule has 0 fully saturated rings. The summed E-state index contributed by atoms with van der Waals surface area (Å²) in [6.07, 6.45) is 11.7. The zero-order valence-corrected chi connectivity index (χ0v) is 19.9. The quantitative estimate of drug-likeness (QED) is 0.371. The number of aryl methyl sites for hydroxylation is 1. The van der Waals surface area contributed by atoms with Gasteiger partial charge in [0.05, 0.1) is 18.9 Å². The van der Waals surface area contributed by atoms with Crippen molar-refractivity contribution in [3.63, 3.8) is 0 Å². The van der Waals surface area contributed by atoms with Gasteiger partial charge in [-0.05, 0) is 56.7 Å². The van der Waals surface area contributed by atoms with Crippen molar-refractivity contribution >= 4 is 28.0 Å². The van der Waals surface area contributed by atoms with E-state index in [0.717, 1.165) is 55.3 Å². The van der Waals surface area contributed by atoms with Gasteiger partial charge < -0.3 is 14.4 Å². The van der Waals surface area contributed by atoms with Crippen LogP contribution in [0.25, 0.3) is 5.57 Å². The molecule has 0 amide bonds. The Balaban J connectivity index is 1.37. The average molecular weight is 453 g/mol. The Hall–Kier alpha value is -2.60. The van der Waals surface area contributed by atoms with Crippen molar-refractivity contribution in [2.45, 2.75) is 52.4 Å². The molecule has 0 radical (unpaired) electrons. The minimum Gasteiger partial charge on any atom is -0.493 e. The summed E-state index contributed by atoms with van der Waals surface area (Å²) in [4.78, 5) is 20.3. The molecule has 6 heteroatoms. The molecule has 170 valence electrons. The molecule has 1 aromatic heterocycles. The van der Waals surface area contributed by atoms with Crippen LogP contribution in [0.15, 0.2) is 36.4 Å². The molecule has 0 atom stereocenters. The number of benzene rings is 1. The number of hydrogen-bond donors (Lipinski definition) is 0. The van der Waals surface area contributed by atoms with E-state index in [-0.39, 0.29) is 5.97 Å². The molecule has 0 N–H and O–H groups in total. The molecule has 0 saturated heterocycles. The monoisotopic (exact) mass is 452 g/mol. The number of ether oxygens (including phenoxy) is 2. The average Bonchev–Trinajstić information content (AvgIpc) is 3.19. The van der Waals surface area contributed by atoms with Gasteiger partial charge in [0.2, 0.25) is 0 Å². The third-order valence-corrected chi connectivity index (χ3v) is 7.05. The molecule has 0 bridgehead atoms. The van der Waals surface area contributed by atoms with Gasteiger partial charge in [-0.2, -0.15) is 0 Å². The molecule has 1 aromatic carbocycles. The number of allylic oxidation sites excluding steroid dienone is 2. The van der Waals surface area contributed by atoms with Crippen molar-refractivity contribution in [3.8, 4) is 5.75 Å². The van der Waals surface area contributed by atoms with Crippen LogP contribution in [-0.4, -0.2) is 37.3 Å². The maximum atomic E-state index is 11.8. The molecule has 2 heterocycles. The van der Waals surface area contributed by atoms with Gasteiger partial charge in [0, 0.05) is 36.4 Å². The summed E-state index contributed by atoms with van der Waals surface area (Å²) in [5, 5.41) is 1.12. The molecule has 32 heavy (non-hydrogen) atoms. The van der Waals surface area contributed by atoms with Crippen LogP contribution in [0.4, 0.5) is 5.13 Å². The number of hydrogen-bond acceptors (Lipinski definition) is 6. The molecule has 2 aromatic rings. The molecule has 1 aliphatic heterocycles. The summed E-state index contributed by atoms with van der Waals surface area (Å²) < 4.78 is 11.3. The summed E-state index contributed by atoms with van der Waals surface area (Å²) in [6.45, 7) is 7.03. The maximum absolute atomic E-state index is 11.8. The first kappa shape index (κ1) is 22.6. The lowest BCUT2D eigenvalue weighted by Gasteiger charge is -2.22. The third-order valence-electron chi connectivity index (χ3n) is 5.97. The van der Waals surface area contributed by atoms with Crippen molar-refractivity contribution in [2.75, 3.05) is 31.2 Å². The minimum absolute atomic E-state index is 0.133. The highest BCUT2D eigenvalue weighted by Crippen LogP contribution is 2.35. The molecule has 4 rings (SSSR count). The molecule has 0 saturated carbocycles. The maximum Gasteiger partial charge on any atom is 0.306 e. The summed E-state index contributed by atoms with van der Waals surface area (Å²) in [7, 11) is 0. The summed E-state index contributed by atoms with van der Waals surface area (Å²) in [5.74, 6) is 0.824. The number of nitrogens with zero attached hydrogens (tertiary/aromatic N) is 2. The van der Waals surface area contributed by atoms with Gasteiger partial charge >= 0.3 is 5.97 Å². The van der Waals surface area contributed by atoms with E-state index in [1.54, 1.807) is 11.3 Å². The van der Waals surface area contributed by atoms with Crippen LogP contribution in [0.1, 0.15) is 54.3 Å². The summed E-state index contributed by atoms with van der Waals surface area (Å²) in [6, 6.07) is 6.25. The van der Waals surface area contributed by atoms with Gasteiger partial charge in [-0.3, -0.25) is 4.79 Å². The number of esters is 1. The van der Waals surface area contributed by atoms with Crippen molar-refractivity contribution in [1.82, 2.24) is 4.98 Å². The molecule has 5 nitrogen and oxygen atoms in total. The molecule has 0 unspecified atom stereocenters. The van der Waals surface area contributed by atoms with Gasteiger partial charge in [0.15, 0.2) is 5.13 Å². The van der Waals surface area contributed by atoms with E-state index in [1.807, 2.05) is 13.0 Å². The Morgan fingerprint density at radius 3 is 2.94 bits per heavy atom. The molecule has 1 aliphatic carbocycles. The lowest BCUT2D eigenvalue weighted by Crippen LogP contribution is -2.26. The fourth-order valence-electron chi connectivity index (χ4n) is 4.32. The number of anilines is 1. The Morgan fingerprint density at radius 1 is 1.22 bits per heavy atom. The summed E-state index contributed by atoms with van der Waals surface area (Å²) >= 11 is 1.78. The Labute approximate surface area is 194 Å². The molecule has 0 spiro atoms. The predicted molar refractivity (Wildman–Crippen MR) is 131 cm³/mol. The standard InChI is InChI=1S/C26H32N2O3S/c1-3-30-25(29)14-13-20-9-7-11-22-21(20)10-8-12-24(22)31-18-15-23-19(2)32-26(27-23)28-16-5-4-6-17-28/h4-5,8-10,12H,3,6-7,11,13-18H2,1-2H3. The Morgan fingerprint density at radius 2 is 2.12 bits per heavy atom.